The molecule has 0 aromatic heterocycles. The number of halogens is 1. The second kappa shape index (κ2) is 9.28. The highest BCUT2D eigenvalue weighted by atomic mass is 19.1. The van der Waals surface area contributed by atoms with Gasteiger partial charge >= 0.3 is 12.0 Å². The number of amidine groups is 1. The van der Waals surface area contributed by atoms with Crippen LogP contribution in [0.3, 0.4) is 0 Å². The van der Waals surface area contributed by atoms with Crippen molar-refractivity contribution in [2.45, 2.75) is 32.5 Å². The summed E-state index contributed by atoms with van der Waals surface area (Å²) in [4.78, 5) is 24.3. The van der Waals surface area contributed by atoms with Crippen molar-refractivity contribution in [3.8, 4) is 5.75 Å². The summed E-state index contributed by atoms with van der Waals surface area (Å²) >= 11 is 0. The van der Waals surface area contributed by atoms with Crippen LogP contribution in [-0.2, 0) is 9.47 Å². The lowest BCUT2D eigenvalue weighted by Gasteiger charge is -2.26. The number of amides is 2. The van der Waals surface area contributed by atoms with Gasteiger partial charge in [0.05, 0.1) is 5.69 Å². The number of phenols is 1. The fourth-order valence-corrected chi connectivity index (χ4v) is 2.56. The van der Waals surface area contributed by atoms with Gasteiger partial charge in [-0.05, 0) is 32.3 Å². The molecule has 1 aromatic carbocycles. The number of anilines is 1. The highest BCUT2D eigenvalue weighted by Gasteiger charge is 2.22. The maximum Gasteiger partial charge on any atom is 0.339 e. The highest BCUT2D eigenvalue weighted by Crippen LogP contribution is 2.26. The molecule has 0 spiro atoms. The number of carbonyl (C=O) groups is 2. The van der Waals surface area contributed by atoms with Crippen LogP contribution in [0.15, 0.2) is 12.1 Å². The molecule has 0 radical (unpaired) electrons. The monoisotopic (exact) mass is 383 g/mol. The van der Waals surface area contributed by atoms with Crippen LogP contribution in [0.25, 0.3) is 0 Å². The quantitative estimate of drug-likeness (QED) is 0.441. The molecule has 4 N–H and O–H groups in total. The van der Waals surface area contributed by atoms with Gasteiger partial charge in [0.2, 0.25) is 0 Å². The first-order valence-electron chi connectivity index (χ1n) is 8.48. The van der Waals surface area contributed by atoms with E-state index in [1.807, 2.05) is 0 Å². The third kappa shape index (κ3) is 5.38. The number of benzene rings is 1. The van der Waals surface area contributed by atoms with Crippen molar-refractivity contribution >= 4 is 23.5 Å². The van der Waals surface area contributed by atoms with Crippen LogP contribution in [0.4, 0.5) is 14.9 Å². The van der Waals surface area contributed by atoms with Gasteiger partial charge < -0.3 is 25.0 Å². The minimum atomic E-state index is -1.50. The van der Waals surface area contributed by atoms with Gasteiger partial charge in [-0.15, -0.1) is 0 Å². The van der Waals surface area contributed by atoms with E-state index in [2.05, 4.69) is 5.32 Å². The number of likely N-dealkylation sites (N-methyl/N-ethyl adjacent to an activating group) is 1. The number of hydrogen-bond acceptors (Lipinski definition) is 6. The van der Waals surface area contributed by atoms with Crippen LogP contribution >= 0.6 is 0 Å². The van der Waals surface area contributed by atoms with E-state index in [1.54, 1.807) is 6.92 Å². The Kier molecular flexibility index (Phi) is 7.08. The summed E-state index contributed by atoms with van der Waals surface area (Å²) in [6, 6.07) is 0.607. The molecule has 1 heterocycles. The lowest BCUT2D eigenvalue weighted by atomic mass is 10.1. The second-order valence-electron chi connectivity index (χ2n) is 5.88. The first-order valence-corrected chi connectivity index (χ1v) is 8.48. The Bertz CT molecular complexity index is 721. The average molecular weight is 383 g/mol. The molecule has 1 aromatic rings. The van der Waals surface area contributed by atoms with Crippen LogP contribution in [0.2, 0.25) is 0 Å². The van der Waals surface area contributed by atoms with Crippen molar-refractivity contribution in [3.63, 3.8) is 0 Å². The standard InChI is InChI=1S/C17H22FN3O6/c1-2-21(14(19)9-27-15-5-3-4-6-26-15)17(25)20-12-8-13(22)10(16(23)24)7-11(12)18/h7-8,15,19,22H,2-6,9H2,1H3,(H,20,25)(H,23,24). The Morgan fingerprint density at radius 1 is 1.44 bits per heavy atom. The number of carbonyl (C=O) groups excluding carboxylic acids is 1. The fourth-order valence-electron chi connectivity index (χ4n) is 2.56. The van der Waals surface area contributed by atoms with Gasteiger partial charge in [-0.3, -0.25) is 10.3 Å². The molecule has 1 saturated heterocycles. The van der Waals surface area contributed by atoms with E-state index >= 15 is 0 Å². The maximum atomic E-state index is 14.0. The number of nitrogens with one attached hydrogen (secondary N) is 2. The number of urea groups is 1. The summed E-state index contributed by atoms with van der Waals surface area (Å²) in [5.41, 5.74) is -1.02. The Morgan fingerprint density at radius 3 is 2.78 bits per heavy atom. The molecule has 0 saturated carbocycles. The minimum absolute atomic E-state index is 0.125. The Labute approximate surface area is 155 Å². The first-order chi connectivity index (χ1) is 12.8. The van der Waals surface area contributed by atoms with Gasteiger partial charge in [0.15, 0.2) is 6.29 Å². The van der Waals surface area contributed by atoms with Crippen LogP contribution in [0, 0.1) is 11.2 Å². The SMILES string of the molecule is CCN(C(=N)COC1CCCCO1)C(=O)Nc1cc(O)c(C(=O)O)cc1F. The topological polar surface area (TPSA) is 132 Å². The van der Waals surface area contributed by atoms with E-state index < -0.39 is 41.1 Å². The molecule has 1 atom stereocenters. The van der Waals surface area contributed by atoms with E-state index in [1.165, 1.54) is 0 Å². The zero-order valence-corrected chi connectivity index (χ0v) is 14.8. The summed E-state index contributed by atoms with van der Waals surface area (Å²) in [5.74, 6) is -3.35. The molecule has 2 rings (SSSR count). The molecular formula is C17H22FN3O6. The molecule has 1 aliphatic heterocycles. The van der Waals surface area contributed by atoms with Crippen LogP contribution < -0.4 is 5.32 Å². The van der Waals surface area contributed by atoms with Gasteiger partial charge in [-0.2, -0.15) is 0 Å². The fraction of sp³-hybridized carbons (Fsp3) is 0.471. The number of rotatable bonds is 6. The number of ether oxygens (including phenoxy) is 2. The lowest BCUT2D eigenvalue weighted by Crippen LogP contribution is -2.42. The van der Waals surface area contributed by atoms with Crippen LogP contribution in [0.5, 0.6) is 5.75 Å². The van der Waals surface area contributed by atoms with Gasteiger partial charge in [0.25, 0.3) is 0 Å². The third-order valence-electron chi connectivity index (χ3n) is 3.99. The van der Waals surface area contributed by atoms with E-state index in [0.717, 1.165) is 23.8 Å². The number of nitrogens with zero attached hydrogens (tertiary/aromatic N) is 1. The summed E-state index contributed by atoms with van der Waals surface area (Å²) in [6.07, 6.45) is 2.22. The van der Waals surface area contributed by atoms with Gasteiger partial charge in [-0.25, -0.2) is 14.0 Å². The Balaban J connectivity index is 2.00. The van der Waals surface area contributed by atoms with Crippen molar-refractivity contribution in [1.82, 2.24) is 4.90 Å². The molecule has 1 aliphatic rings. The summed E-state index contributed by atoms with van der Waals surface area (Å²) in [6.45, 7) is 2.19. The smallest absolute Gasteiger partial charge is 0.339 e. The molecule has 1 unspecified atom stereocenters. The number of aromatic hydroxyl groups is 1. The predicted molar refractivity (Wildman–Crippen MR) is 93.7 cm³/mol. The highest BCUT2D eigenvalue weighted by molar-refractivity contribution is 6.03. The number of hydrogen-bond donors (Lipinski definition) is 4. The lowest BCUT2D eigenvalue weighted by molar-refractivity contribution is -0.153. The molecule has 1 fully saturated rings. The van der Waals surface area contributed by atoms with Crippen LogP contribution in [0.1, 0.15) is 36.5 Å². The van der Waals surface area contributed by atoms with E-state index in [-0.39, 0.29) is 19.0 Å². The second-order valence-corrected chi connectivity index (χ2v) is 5.88. The number of aromatic carboxylic acids is 1. The van der Waals surface area contributed by atoms with E-state index in [9.17, 15) is 19.1 Å². The van der Waals surface area contributed by atoms with Crippen molar-refractivity contribution in [1.29, 1.82) is 5.41 Å². The first kappa shape index (κ1) is 20.6. The molecule has 0 aliphatic carbocycles. The summed E-state index contributed by atoms with van der Waals surface area (Å²) in [7, 11) is 0. The van der Waals surface area contributed by atoms with Gasteiger partial charge in [-0.1, -0.05) is 0 Å². The largest absolute Gasteiger partial charge is 0.507 e. The minimum Gasteiger partial charge on any atom is -0.507 e. The Morgan fingerprint density at radius 2 is 2.19 bits per heavy atom. The van der Waals surface area contributed by atoms with Crippen molar-refractivity contribution in [3.05, 3.63) is 23.5 Å². The molecule has 148 valence electrons. The van der Waals surface area contributed by atoms with Gasteiger partial charge in [0, 0.05) is 19.2 Å². The number of carboxylic acids is 1. The van der Waals surface area contributed by atoms with Gasteiger partial charge in [0.1, 0.15) is 29.6 Å². The van der Waals surface area contributed by atoms with Crippen molar-refractivity contribution in [2.75, 3.05) is 25.1 Å². The van der Waals surface area contributed by atoms with Crippen LogP contribution in [-0.4, -0.2) is 59.0 Å². The zero-order valence-electron chi connectivity index (χ0n) is 14.8. The molecule has 0 bridgehead atoms. The average Bonchev–Trinajstić information content (AvgIpc) is 2.64. The molecule has 2 amide bonds. The molecular weight excluding hydrogens is 361 g/mol. The predicted octanol–water partition coefficient (Wildman–Crippen LogP) is 2.60. The van der Waals surface area contributed by atoms with E-state index in [4.69, 9.17) is 20.0 Å². The maximum absolute atomic E-state index is 14.0. The summed E-state index contributed by atoms with van der Waals surface area (Å²) in [5, 5.41) is 28.7. The Hall–Kier alpha value is -2.72. The number of carboxylic acid groups (broad SMARTS) is 1. The molecule has 9 nitrogen and oxygen atoms in total. The normalized spacial score (nSPS) is 16.6. The summed E-state index contributed by atoms with van der Waals surface area (Å²) < 4.78 is 24.9. The molecule has 27 heavy (non-hydrogen) atoms. The molecule has 10 heteroatoms. The zero-order chi connectivity index (χ0) is 20.0. The van der Waals surface area contributed by atoms with E-state index in [0.29, 0.717) is 19.1 Å². The third-order valence-corrected chi connectivity index (χ3v) is 3.99. The van der Waals surface area contributed by atoms with Crippen molar-refractivity contribution < 1.29 is 33.7 Å². The van der Waals surface area contributed by atoms with Crippen molar-refractivity contribution in [2.24, 2.45) is 0 Å².